The Kier molecular flexibility index (Phi) is 4.51. The first-order valence-electron chi connectivity index (χ1n) is 8.45. The van der Waals surface area contributed by atoms with Crippen molar-refractivity contribution in [2.24, 2.45) is 0 Å². The summed E-state index contributed by atoms with van der Waals surface area (Å²) in [5.41, 5.74) is -0.177. The molecule has 0 unspecified atom stereocenters. The van der Waals surface area contributed by atoms with Crippen LogP contribution in [-0.4, -0.2) is 49.0 Å². The molecule has 1 N–H and O–H groups in total. The summed E-state index contributed by atoms with van der Waals surface area (Å²) in [4.78, 5) is 39.7. The normalized spacial score (nSPS) is 19.7. The van der Waals surface area contributed by atoms with Gasteiger partial charge in [0, 0.05) is 19.2 Å². The third kappa shape index (κ3) is 3.49. The number of carbonyl (C=O) groups is 3. The number of morpholine rings is 1. The minimum atomic E-state index is -0.785. The van der Waals surface area contributed by atoms with Gasteiger partial charge in [0.15, 0.2) is 5.88 Å². The van der Waals surface area contributed by atoms with Crippen molar-refractivity contribution in [3.05, 3.63) is 47.6 Å². The van der Waals surface area contributed by atoms with Crippen molar-refractivity contribution in [1.29, 1.82) is 0 Å². The van der Waals surface area contributed by atoms with Gasteiger partial charge in [0.05, 0.1) is 26.0 Å². The van der Waals surface area contributed by atoms with Crippen molar-refractivity contribution >= 4 is 29.8 Å². The molecule has 0 aromatic carbocycles. The number of urea groups is 1. The van der Waals surface area contributed by atoms with E-state index in [0.717, 1.165) is 4.90 Å². The molecular formula is C18H17N3O6. The van der Waals surface area contributed by atoms with Gasteiger partial charge in [-0.3, -0.25) is 19.8 Å². The average Bonchev–Trinajstić information content (AvgIpc) is 3.35. The fourth-order valence-corrected chi connectivity index (χ4v) is 2.91. The van der Waals surface area contributed by atoms with E-state index in [1.165, 1.54) is 12.3 Å². The fraction of sp³-hybridized carbons (Fsp3) is 0.278. The quantitative estimate of drug-likeness (QED) is 0.639. The van der Waals surface area contributed by atoms with Gasteiger partial charge in [0.25, 0.3) is 11.8 Å². The molecule has 9 nitrogen and oxygen atoms in total. The number of nitrogens with one attached hydrogen (secondary N) is 1. The molecule has 2 aliphatic rings. The van der Waals surface area contributed by atoms with Crippen LogP contribution >= 0.6 is 0 Å². The topological polar surface area (TPSA) is 105 Å². The van der Waals surface area contributed by atoms with Gasteiger partial charge in [0.1, 0.15) is 17.1 Å². The number of barbiturate groups is 1. The molecule has 9 heteroatoms. The monoisotopic (exact) mass is 371 g/mol. The average molecular weight is 371 g/mol. The summed E-state index contributed by atoms with van der Waals surface area (Å²) in [5, 5.41) is 2.16. The Morgan fingerprint density at radius 2 is 1.93 bits per heavy atom. The number of ether oxygens (including phenoxy) is 1. The summed E-state index contributed by atoms with van der Waals surface area (Å²) in [7, 11) is 0. The fourth-order valence-electron chi connectivity index (χ4n) is 2.91. The zero-order chi connectivity index (χ0) is 18.8. The van der Waals surface area contributed by atoms with E-state index >= 15 is 0 Å². The lowest BCUT2D eigenvalue weighted by molar-refractivity contribution is -0.130. The molecule has 4 rings (SSSR count). The van der Waals surface area contributed by atoms with Crippen molar-refractivity contribution < 1.29 is 28.0 Å². The molecule has 2 saturated heterocycles. The van der Waals surface area contributed by atoms with Crippen LogP contribution in [-0.2, 0) is 20.9 Å². The lowest BCUT2D eigenvalue weighted by Gasteiger charge is -2.26. The number of furan rings is 2. The first kappa shape index (κ1) is 17.1. The van der Waals surface area contributed by atoms with Crippen molar-refractivity contribution in [3.8, 4) is 0 Å². The van der Waals surface area contributed by atoms with Crippen LogP contribution in [0.3, 0.4) is 0 Å². The Bertz CT molecular complexity index is 892. The van der Waals surface area contributed by atoms with Crippen LogP contribution in [0.4, 0.5) is 10.7 Å². The highest BCUT2D eigenvalue weighted by Crippen LogP contribution is 2.23. The summed E-state index contributed by atoms with van der Waals surface area (Å²) >= 11 is 0. The van der Waals surface area contributed by atoms with Gasteiger partial charge in [-0.1, -0.05) is 0 Å². The Morgan fingerprint density at radius 3 is 2.67 bits per heavy atom. The standard InChI is InChI=1S/C18H17N3O6/c22-16-14(10-12-3-4-15(27-12)20-5-8-25-9-6-20)17(23)21(18(24)19-16)11-13-2-1-7-26-13/h1-4,7,10H,5-6,8-9,11H2,(H,19,22,24). The zero-order valence-corrected chi connectivity index (χ0v) is 14.3. The van der Waals surface area contributed by atoms with Crippen molar-refractivity contribution in [2.75, 3.05) is 31.2 Å². The Morgan fingerprint density at radius 1 is 1.11 bits per heavy atom. The lowest BCUT2D eigenvalue weighted by atomic mass is 10.1. The van der Waals surface area contributed by atoms with E-state index in [2.05, 4.69) is 5.32 Å². The molecular weight excluding hydrogens is 354 g/mol. The van der Waals surface area contributed by atoms with E-state index in [9.17, 15) is 14.4 Å². The Hall–Kier alpha value is -3.33. The van der Waals surface area contributed by atoms with E-state index in [1.807, 2.05) is 4.90 Å². The zero-order valence-electron chi connectivity index (χ0n) is 14.3. The van der Waals surface area contributed by atoms with Gasteiger partial charge in [0.2, 0.25) is 0 Å². The van der Waals surface area contributed by atoms with E-state index in [1.54, 1.807) is 24.3 Å². The van der Waals surface area contributed by atoms with Gasteiger partial charge >= 0.3 is 6.03 Å². The highest BCUT2D eigenvalue weighted by Gasteiger charge is 2.36. The largest absolute Gasteiger partial charge is 0.467 e. The summed E-state index contributed by atoms with van der Waals surface area (Å²) in [6.07, 6.45) is 2.78. The molecule has 4 heterocycles. The maximum Gasteiger partial charge on any atom is 0.331 e. The molecule has 2 aliphatic heterocycles. The van der Waals surface area contributed by atoms with Crippen LogP contribution < -0.4 is 10.2 Å². The minimum Gasteiger partial charge on any atom is -0.467 e. The molecule has 2 fully saturated rings. The number of carbonyl (C=O) groups excluding carboxylic acids is 3. The number of imide groups is 2. The van der Waals surface area contributed by atoms with Crippen LogP contribution in [0.15, 0.2) is 44.9 Å². The molecule has 0 radical (unpaired) electrons. The van der Waals surface area contributed by atoms with Gasteiger partial charge in [-0.25, -0.2) is 4.79 Å². The molecule has 2 aromatic heterocycles. The predicted molar refractivity (Wildman–Crippen MR) is 92.5 cm³/mol. The van der Waals surface area contributed by atoms with Crippen LogP contribution in [0.25, 0.3) is 6.08 Å². The Balaban J connectivity index is 1.55. The summed E-state index contributed by atoms with van der Waals surface area (Å²) in [6.45, 7) is 2.56. The highest BCUT2D eigenvalue weighted by molar-refractivity contribution is 6.30. The second kappa shape index (κ2) is 7.12. The van der Waals surface area contributed by atoms with E-state index < -0.39 is 17.8 Å². The molecule has 0 bridgehead atoms. The number of amides is 4. The SMILES string of the molecule is O=C1NC(=O)N(Cc2ccco2)C(=O)C1=Cc1ccc(N2CCOCC2)o1. The van der Waals surface area contributed by atoms with E-state index in [0.29, 0.717) is 43.7 Å². The number of anilines is 1. The van der Waals surface area contributed by atoms with E-state index in [-0.39, 0.29) is 12.1 Å². The first-order chi connectivity index (χ1) is 13.1. The second-order valence-corrected chi connectivity index (χ2v) is 6.06. The maximum atomic E-state index is 12.7. The van der Waals surface area contributed by atoms with Crippen LogP contribution in [0.5, 0.6) is 0 Å². The van der Waals surface area contributed by atoms with Gasteiger partial charge < -0.3 is 18.5 Å². The lowest BCUT2D eigenvalue weighted by Crippen LogP contribution is -2.53. The van der Waals surface area contributed by atoms with Gasteiger partial charge in [-0.05, 0) is 24.3 Å². The smallest absolute Gasteiger partial charge is 0.331 e. The molecule has 4 amide bonds. The highest BCUT2D eigenvalue weighted by atomic mass is 16.5. The van der Waals surface area contributed by atoms with Crippen molar-refractivity contribution in [2.45, 2.75) is 6.54 Å². The summed E-state index contributed by atoms with van der Waals surface area (Å²) in [6, 6.07) is 5.95. The molecule has 0 saturated carbocycles. The minimum absolute atomic E-state index is 0.0700. The Labute approximate surface area is 154 Å². The molecule has 2 aromatic rings. The van der Waals surface area contributed by atoms with Crippen LogP contribution in [0.1, 0.15) is 11.5 Å². The number of nitrogens with zero attached hydrogens (tertiary/aromatic N) is 2. The third-order valence-electron chi connectivity index (χ3n) is 4.30. The van der Waals surface area contributed by atoms with Crippen LogP contribution in [0, 0.1) is 0 Å². The third-order valence-corrected chi connectivity index (χ3v) is 4.30. The van der Waals surface area contributed by atoms with Gasteiger partial charge in [-0.15, -0.1) is 0 Å². The maximum absolute atomic E-state index is 12.7. The summed E-state index contributed by atoms with van der Waals surface area (Å²) < 4.78 is 16.2. The molecule has 0 spiro atoms. The van der Waals surface area contributed by atoms with Gasteiger partial charge in [-0.2, -0.15) is 0 Å². The van der Waals surface area contributed by atoms with Crippen molar-refractivity contribution in [1.82, 2.24) is 10.2 Å². The molecule has 27 heavy (non-hydrogen) atoms. The number of hydrogen-bond acceptors (Lipinski definition) is 7. The van der Waals surface area contributed by atoms with Crippen LogP contribution in [0.2, 0.25) is 0 Å². The van der Waals surface area contributed by atoms with Crippen molar-refractivity contribution in [3.63, 3.8) is 0 Å². The first-order valence-corrected chi connectivity index (χ1v) is 8.45. The number of hydrogen-bond donors (Lipinski definition) is 1. The second-order valence-electron chi connectivity index (χ2n) is 6.06. The summed E-state index contributed by atoms with van der Waals surface area (Å²) in [5.74, 6) is -0.0473. The molecule has 0 atom stereocenters. The number of rotatable bonds is 4. The van der Waals surface area contributed by atoms with E-state index in [4.69, 9.17) is 13.6 Å². The molecule has 140 valence electrons. The molecule has 0 aliphatic carbocycles. The predicted octanol–water partition coefficient (Wildman–Crippen LogP) is 1.37.